The average molecular weight is 911 g/mol. The lowest BCUT2D eigenvalue weighted by Crippen LogP contribution is -2.60. The number of amides is 8. The lowest BCUT2D eigenvalue weighted by atomic mass is 9.96. The summed E-state index contributed by atoms with van der Waals surface area (Å²) in [5, 5.41) is 36.5. The third-order valence-corrected chi connectivity index (χ3v) is 10.8. The van der Waals surface area contributed by atoms with Crippen molar-refractivity contribution in [2.75, 3.05) is 26.2 Å². The van der Waals surface area contributed by atoms with Crippen LogP contribution in [-0.2, 0) is 47.9 Å². The number of nitrogens with two attached hydrogens (primary N) is 2. The molecule has 22 nitrogen and oxygen atoms in total. The van der Waals surface area contributed by atoms with E-state index >= 15 is 0 Å². The number of hydrogen-bond acceptors (Lipinski definition) is 12. The van der Waals surface area contributed by atoms with Crippen LogP contribution in [0.5, 0.6) is 0 Å². The van der Waals surface area contributed by atoms with Crippen molar-refractivity contribution in [3.8, 4) is 0 Å². The molecule has 0 bridgehead atoms. The number of carbonyl (C=O) groups excluding carboxylic acids is 8. The highest BCUT2D eigenvalue weighted by atomic mass is 16.4. The second kappa shape index (κ2) is 28.4. The monoisotopic (exact) mass is 911 g/mol. The van der Waals surface area contributed by atoms with Gasteiger partial charge in [0.15, 0.2) is 0 Å². The topological polar surface area (TPSA) is 351 Å². The summed E-state index contributed by atoms with van der Waals surface area (Å²) in [6.45, 7) is 13.5. The predicted octanol–water partition coefficient (Wildman–Crippen LogP) is -1.56. The van der Waals surface area contributed by atoms with Crippen LogP contribution in [0.2, 0.25) is 0 Å². The van der Waals surface area contributed by atoms with Gasteiger partial charge in [-0.2, -0.15) is 0 Å². The molecule has 1 aliphatic rings. The predicted molar refractivity (Wildman–Crippen MR) is 234 cm³/mol. The van der Waals surface area contributed by atoms with E-state index in [2.05, 4.69) is 37.2 Å². The van der Waals surface area contributed by atoms with Gasteiger partial charge in [-0.3, -0.25) is 43.2 Å². The molecule has 8 amide bonds. The second-order valence-electron chi connectivity index (χ2n) is 17.6. The molecule has 0 aromatic carbocycles. The van der Waals surface area contributed by atoms with Crippen LogP contribution in [-0.4, -0.2) is 143 Å². The van der Waals surface area contributed by atoms with Crippen LogP contribution in [0, 0.1) is 23.7 Å². The first-order chi connectivity index (χ1) is 29.9. The van der Waals surface area contributed by atoms with Crippen molar-refractivity contribution >= 4 is 59.2 Å². The van der Waals surface area contributed by atoms with Crippen molar-refractivity contribution in [2.45, 2.75) is 155 Å². The Labute approximate surface area is 375 Å². The Hall–Kier alpha value is -5.38. The van der Waals surface area contributed by atoms with Gasteiger partial charge in [0.1, 0.15) is 36.3 Å². The molecule has 1 fully saturated rings. The fraction of sp³-hybridized carbons (Fsp3) is 0.762. The van der Waals surface area contributed by atoms with Crippen molar-refractivity contribution in [3.05, 3.63) is 0 Å². The number of nitrogens with one attached hydrogen (secondary N) is 7. The van der Waals surface area contributed by atoms with Crippen LogP contribution in [0.4, 0.5) is 0 Å². The molecule has 1 aliphatic heterocycles. The van der Waals surface area contributed by atoms with Crippen molar-refractivity contribution < 1.29 is 58.2 Å². The van der Waals surface area contributed by atoms with E-state index in [1.807, 2.05) is 13.8 Å². The van der Waals surface area contributed by atoms with Crippen LogP contribution in [0.15, 0.2) is 0 Å². The van der Waals surface area contributed by atoms with Gasteiger partial charge in [0.2, 0.25) is 47.3 Å². The van der Waals surface area contributed by atoms with Crippen molar-refractivity contribution in [1.82, 2.24) is 42.1 Å². The van der Waals surface area contributed by atoms with Gasteiger partial charge in [0, 0.05) is 6.54 Å². The molecule has 22 heteroatoms. The van der Waals surface area contributed by atoms with E-state index in [4.69, 9.17) is 11.5 Å². The molecule has 0 aliphatic carbocycles. The number of likely N-dealkylation sites (tertiary alicyclic amines) is 1. The Bertz CT molecular complexity index is 1630. The third-order valence-electron chi connectivity index (χ3n) is 10.8. The molecule has 0 aromatic heterocycles. The Morgan fingerprint density at radius 3 is 1.80 bits per heavy atom. The molecule has 1 rings (SSSR count). The molecule has 1 heterocycles. The van der Waals surface area contributed by atoms with Gasteiger partial charge >= 0.3 is 11.9 Å². The molecule has 64 heavy (non-hydrogen) atoms. The number of carboxylic acid groups (broad SMARTS) is 2. The molecule has 8 atom stereocenters. The molecule has 1 saturated heterocycles. The zero-order chi connectivity index (χ0) is 48.8. The summed E-state index contributed by atoms with van der Waals surface area (Å²) in [5.41, 5.74) is 11.5. The van der Waals surface area contributed by atoms with Gasteiger partial charge in [0.25, 0.3) is 0 Å². The summed E-state index contributed by atoms with van der Waals surface area (Å²) < 4.78 is 0. The Kier molecular flexibility index (Phi) is 25.2. The van der Waals surface area contributed by atoms with Crippen LogP contribution < -0.4 is 48.7 Å². The van der Waals surface area contributed by atoms with Crippen LogP contribution in [0.25, 0.3) is 0 Å². The van der Waals surface area contributed by atoms with Crippen LogP contribution in [0.3, 0.4) is 0 Å². The Morgan fingerprint density at radius 2 is 1.25 bits per heavy atom. The number of unbranched alkanes of at least 4 members (excludes halogenated alkanes) is 1. The summed E-state index contributed by atoms with van der Waals surface area (Å²) in [4.78, 5) is 131. The van der Waals surface area contributed by atoms with Crippen molar-refractivity contribution in [1.29, 1.82) is 0 Å². The van der Waals surface area contributed by atoms with Gasteiger partial charge in [-0.15, -0.1) is 0 Å². The van der Waals surface area contributed by atoms with Crippen LogP contribution in [0.1, 0.15) is 113 Å². The minimum Gasteiger partial charge on any atom is -0.481 e. The normalized spacial score (nSPS) is 17.0. The maximum Gasteiger partial charge on any atom is 0.326 e. The quantitative estimate of drug-likeness (QED) is 0.0379. The Balaban J connectivity index is 2.96. The summed E-state index contributed by atoms with van der Waals surface area (Å²) in [6.07, 6.45) is 2.31. The molecule has 13 N–H and O–H groups in total. The maximum absolute atomic E-state index is 13.6. The lowest BCUT2D eigenvalue weighted by molar-refractivity contribution is -0.144. The summed E-state index contributed by atoms with van der Waals surface area (Å²) in [5.74, 6) is -9.75. The molecular weight excluding hydrogens is 837 g/mol. The van der Waals surface area contributed by atoms with Gasteiger partial charge in [-0.25, -0.2) is 4.79 Å². The summed E-state index contributed by atoms with van der Waals surface area (Å²) >= 11 is 0. The fourth-order valence-corrected chi connectivity index (χ4v) is 6.95. The van der Waals surface area contributed by atoms with E-state index in [1.54, 1.807) is 41.5 Å². The van der Waals surface area contributed by atoms with E-state index in [0.717, 1.165) is 0 Å². The van der Waals surface area contributed by atoms with E-state index in [-0.39, 0.29) is 37.6 Å². The van der Waals surface area contributed by atoms with E-state index in [0.29, 0.717) is 38.6 Å². The number of rotatable bonds is 29. The molecule has 0 saturated carbocycles. The number of carboxylic acids is 2. The van der Waals surface area contributed by atoms with Gasteiger partial charge < -0.3 is 63.8 Å². The average Bonchev–Trinajstić information content (AvgIpc) is 3.71. The lowest BCUT2D eigenvalue weighted by Gasteiger charge is -2.29. The third kappa shape index (κ3) is 20.0. The number of carbonyl (C=O) groups is 10. The number of hydrogen-bond donors (Lipinski definition) is 11. The summed E-state index contributed by atoms with van der Waals surface area (Å²) in [6, 6.07) is -8.29. The highest BCUT2D eigenvalue weighted by Crippen LogP contribution is 2.18. The number of nitrogens with zero attached hydrogens (tertiary/aromatic N) is 1. The Morgan fingerprint density at radius 1 is 0.672 bits per heavy atom. The standard InChI is InChI=1S/C42H74N10O12/c1-9-25(8)35(41(62)48-28(19-33(55)56)38(59)49-29(42(63)64)18-23(4)5)51-40(61)34(24(6)7)50-31(53)20-45-39(60)30-14-12-16-52(30)32(54)21-46-37(58)27(17-22(2)3)47-36(57)26(44)13-10-11-15-43/h22-30,34-35H,9-21,43-44H2,1-8H3,(H,45,60)(H,46,58)(H,47,57)(H,48,62)(H,49,59)(H,50,53)(H,51,61)(H,55,56)(H,63,64)/t25-,26-,27-,28-,29-,30-,34-,35-/m0/s1. The van der Waals surface area contributed by atoms with Gasteiger partial charge in [-0.05, 0) is 68.7 Å². The first-order valence-corrected chi connectivity index (χ1v) is 22.2. The van der Waals surface area contributed by atoms with Crippen molar-refractivity contribution in [3.63, 3.8) is 0 Å². The number of aliphatic carboxylic acids is 2. The molecule has 364 valence electrons. The molecule has 0 radical (unpaired) electrons. The first kappa shape index (κ1) is 56.6. The van der Waals surface area contributed by atoms with Crippen LogP contribution >= 0.6 is 0 Å². The van der Waals surface area contributed by atoms with Gasteiger partial charge in [-0.1, -0.05) is 68.2 Å². The summed E-state index contributed by atoms with van der Waals surface area (Å²) in [7, 11) is 0. The second-order valence-corrected chi connectivity index (χ2v) is 17.6. The minimum absolute atomic E-state index is 0.0191. The van der Waals surface area contributed by atoms with Crippen molar-refractivity contribution in [2.24, 2.45) is 35.1 Å². The zero-order valence-electron chi connectivity index (χ0n) is 38.6. The SMILES string of the molecule is CC[C@H](C)[C@H](NC(=O)[C@@H](NC(=O)CNC(=O)[C@@H]1CCCN1C(=O)CNC(=O)[C@H](CC(C)C)NC(=O)[C@@H](N)CCCCN)C(C)C)C(=O)N[C@@H](CC(=O)O)C(=O)N[C@@H](CC(C)C)C(=O)O. The first-order valence-electron chi connectivity index (χ1n) is 22.2. The highest BCUT2D eigenvalue weighted by molar-refractivity contribution is 5.97. The molecule has 0 spiro atoms. The molecule has 0 unspecified atom stereocenters. The highest BCUT2D eigenvalue weighted by Gasteiger charge is 2.37. The minimum atomic E-state index is -1.68. The molecular formula is C42H74N10O12. The zero-order valence-corrected chi connectivity index (χ0v) is 38.6. The van der Waals surface area contributed by atoms with E-state index in [9.17, 15) is 58.2 Å². The smallest absolute Gasteiger partial charge is 0.326 e. The fourth-order valence-electron chi connectivity index (χ4n) is 6.95. The van der Waals surface area contributed by atoms with E-state index < -0.39 is 133 Å². The largest absolute Gasteiger partial charge is 0.481 e. The van der Waals surface area contributed by atoms with E-state index in [1.165, 1.54) is 4.90 Å². The maximum atomic E-state index is 13.6. The molecule has 0 aromatic rings. The van der Waals surface area contributed by atoms with Gasteiger partial charge in [0.05, 0.1) is 25.6 Å².